The van der Waals surface area contributed by atoms with Crippen molar-refractivity contribution in [3.63, 3.8) is 0 Å². The van der Waals surface area contributed by atoms with Crippen LogP contribution in [0.4, 0.5) is 0 Å². The maximum absolute atomic E-state index is 4.54. The highest BCUT2D eigenvalue weighted by Gasteiger charge is 2.19. The number of pyridine rings is 1. The molecule has 0 bridgehead atoms. The van der Waals surface area contributed by atoms with E-state index in [1.807, 2.05) is 17.7 Å². The van der Waals surface area contributed by atoms with E-state index in [1.54, 1.807) is 0 Å². The lowest BCUT2D eigenvalue weighted by Crippen LogP contribution is -1.90. The van der Waals surface area contributed by atoms with Crippen molar-refractivity contribution in [3.8, 4) is 0 Å². The van der Waals surface area contributed by atoms with Crippen molar-refractivity contribution in [2.45, 2.75) is 0 Å². The molecule has 0 unspecified atom stereocenters. The van der Waals surface area contributed by atoms with E-state index in [-0.39, 0.29) is 0 Å². The average molecular weight is 426 g/mol. The SMILES string of the molecule is c1ccc2c(c1)ccc1c2sc2c1c1c3c(ccc4ccccc43)ccc1n1cnnc21. The Morgan fingerprint density at radius 2 is 1.28 bits per heavy atom. The summed E-state index contributed by atoms with van der Waals surface area (Å²) in [5.41, 5.74) is 2.08. The number of benzene rings is 5. The third kappa shape index (κ3) is 1.96. The largest absolute Gasteiger partial charge is 0.280 e. The van der Waals surface area contributed by atoms with Gasteiger partial charge in [0.2, 0.25) is 0 Å². The molecule has 148 valence electrons. The van der Waals surface area contributed by atoms with Crippen LogP contribution in [0.1, 0.15) is 0 Å². The van der Waals surface area contributed by atoms with Crippen LogP contribution in [-0.4, -0.2) is 14.6 Å². The summed E-state index contributed by atoms with van der Waals surface area (Å²) in [4.78, 5) is 0. The Morgan fingerprint density at radius 1 is 0.562 bits per heavy atom. The fraction of sp³-hybridized carbons (Fsp3) is 0. The zero-order valence-electron chi connectivity index (χ0n) is 16.9. The first-order valence-corrected chi connectivity index (χ1v) is 11.5. The van der Waals surface area contributed by atoms with Gasteiger partial charge in [-0.25, -0.2) is 0 Å². The Bertz CT molecular complexity index is 2050. The van der Waals surface area contributed by atoms with Crippen LogP contribution in [0.3, 0.4) is 0 Å². The van der Waals surface area contributed by atoms with Gasteiger partial charge in [0.05, 0.1) is 10.2 Å². The van der Waals surface area contributed by atoms with Crippen molar-refractivity contribution in [2.75, 3.05) is 0 Å². The van der Waals surface area contributed by atoms with Gasteiger partial charge >= 0.3 is 0 Å². The van der Waals surface area contributed by atoms with Gasteiger partial charge in [-0.05, 0) is 38.4 Å². The average Bonchev–Trinajstić information content (AvgIpc) is 3.49. The van der Waals surface area contributed by atoms with Crippen molar-refractivity contribution in [3.05, 3.63) is 91.3 Å². The van der Waals surface area contributed by atoms with E-state index in [0.29, 0.717) is 0 Å². The van der Waals surface area contributed by atoms with Crippen molar-refractivity contribution in [2.24, 2.45) is 0 Å². The molecule has 32 heavy (non-hydrogen) atoms. The Morgan fingerprint density at radius 3 is 2.19 bits per heavy atom. The van der Waals surface area contributed by atoms with Crippen molar-refractivity contribution in [1.82, 2.24) is 14.6 Å². The molecular weight excluding hydrogens is 410 g/mol. The lowest BCUT2D eigenvalue weighted by Gasteiger charge is -2.11. The smallest absolute Gasteiger partial charge is 0.179 e. The van der Waals surface area contributed by atoms with Crippen LogP contribution in [0, 0.1) is 0 Å². The molecule has 0 aliphatic carbocycles. The molecule has 8 aromatic rings. The van der Waals surface area contributed by atoms with Crippen LogP contribution in [0.2, 0.25) is 0 Å². The van der Waals surface area contributed by atoms with E-state index in [4.69, 9.17) is 0 Å². The summed E-state index contributed by atoms with van der Waals surface area (Å²) in [7, 11) is 0. The predicted octanol–water partition coefficient (Wildman–Crippen LogP) is 7.71. The number of hydrogen-bond acceptors (Lipinski definition) is 3. The maximum atomic E-state index is 4.54. The third-order valence-electron chi connectivity index (χ3n) is 6.73. The maximum Gasteiger partial charge on any atom is 0.179 e. The number of nitrogens with zero attached hydrogens (tertiary/aromatic N) is 3. The van der Waals surface area contributed by atoms with E-state index >= 15 is 0 Å². The second-order valence-corrected chi connectivity index (χ2v) is 9.36. The molecule has 0 atom stereocenters. The van der Waals surface area contributed by atoms with Crippen LogP contribution in [-0.2, 0) is 0 Å². The summed E-state index contributed by atoms with van der Waals surface area (Å²) in [6, 6.07) is 30.7. The predicted molar refractivity (Wildman–Crippen MR) is 136 cm³/mol. The van der Waals surface area contributed by atoms with Crippen molar-refractivity contribution in [1.29, 1.82) is 0 Å². The summed E-state index contributed by atoms with van der Waals surface area (Å²) < 4.78 is 4.66. The Balaban J connectivity index is 1.78. The molecule has 0 saturated carbocycles. The number of aromatic nitrogens is 3. The monoisotopic (exact) mass is 425 g/mol. The van der Waals surface area contributed by atoms with Gasteiger partial charge in [-0.1, -0.05) is 78.9 Å². The lowest BCUT2D eigenvalue weighted by atomic mass is 9.95. The molecule has 0 amide bonds. The Hall–Kier alpha value is -4.02. The summed E-state index contributed by atoms with van der Waals surface area (Å²) in [5.74, 6) is 0. The normalized spacial score (nSPS) is 12.4. The molecule has 0 saturated heterocycles. The molecule has 0 N–H and O–H groups in total. The van der Waals surface area contributed by atoms with Crippen LogP contribution >= 0.6 is 11.3 Å². The molecule has 0 aliphatic heterocycles. The molecule has 0 aliphatic rings. The first-order chi connectivity index (χ1) is 15.9. The third-order valence-corrected chi connectivity index (χ3v) is 7.96. The Labute approximate surface area is 186 Å². The fourth-order valence-electron chi connectivity index (χ4n) is 5.34. The highest BCUT2D eigenvalue weighted by molar-refractivity contribution is 7.27. The van der Waals surface area contributed by atoms with E-state index in [0.717, 1.165) is 11.2 Å². The molecule has 0 spiro atoms. The highest BCUT2D eigenvalue weighted by Crippen LogP contribution is 2.46. The van der Waals surface area contributed by atoms with Crippen molar-refractivity contribution >= 4 is 80.4 Å². The summed E-state index contributed by atoms with van der Waals surface area (Å²) in [6.07, 6.45) is 1.84. The molecule has 0 radical (unpaired) electrons. The molecule has 3 nitrogen and oxygen atoms in total. The highest BCUT2D eigenvalue weighted by atomic mass is 32.1. The summed E-state index contributed by atoms with van der Waals surface area (Å²) in [6.45, 7) is 0. The van der Waals surface area contributed by atoms with Gasteiger partial charge < -0.3 is 0 Å². The minimum absolute atomic E-state index is 0.928. The van der Waals surface area contributed by atoms with E-state index in [1.165, 1.54) is 57.9 Å². The molecular formula is C28H15N3S. The number of fused-ring (bicyclic) bond motifs is 14. The van der Waals surface area contributed by atoms with E-state index in [9.17, 15) is 0 Å². The quantitative estimate of drug-likeness (QED) is 0.233. The minimum Gasteiger partial charge on any atom is -0.280 e. The van der Waals surface area contributed by atoms with Crippen molar-refractivity contribution < 1.29 is 0 Å². The van der Waals surface area contributed by atoms with Gasteiger partial charge in [0.25, 0.3) is 0 Å². The fourth-order valence-corrected chi connectivity index (χ4v) is 6.66. The first kappa shape index (κ1) is 16.6. The first-order valence-electron chi connectivity index (χ1n) is 10.7. The van der Waals surface area contributed by atoms with Gasteiger partial charge in [0.15, 0.2) is 5.65 Å². The van der Waals surface area contributed by atoms with E-state index < -0.39 is 0 Å². The van der Waals surface area contributed by atoms with Gasteiger partial charge in [-0.3, -0.25) is 4.40 Å². The molecule has 5 aromatic carbocycles. The topological polar surface area (TPSA) is 30.2 Å². The molecule has 0 fully saturated rings. The van der Waals surface area contributed by atoms with Gasteiger partial charge in [0, 0.05) is 20.9 Å². The number of thiophene rings is 1. The zero-order valence-corrected chi connectivity index (χ0v) is 17.7. The summed E-state index contributed by atoms with van der Waals surface area (Å²) >= 11 is 1.83. The van der Waals surface area contributed by atoms with Gasteiger partial charge in [-0.15, -0.1) is 21.5 Å². The van der Waals surface area contributed by atoms with Gasteiger partial charge in [0.1, 0.15) is 6.33 Å². The van der Waals surface area contributed by atoms with Crippen LogP contribution < -0.4 is 0 Å². The molecule has 3 heterocycles. The van der Waals surface area contributed by atoms with E-state index in [2.05, 4.69) is 99.5 Å². The Kier molecular flexibility index (Phi) is 3.02. The molecule has 8 rings (SSSR count). The molecule has 4 heteroatoms. The number of hydrogen-bond donors (Lipinski definition) is 0. The standard InChI is InChI=1S/C28H15N3S/c1-3-7-19-16(5-1)9-10-18-12-14-22-25(23(18)19)24-21-13-11-17-6-2-4-8-20(17)26(21)32-27(24)28-30-29-15-31(22)28/h1-15H. The number of rotatable bonds is 0. The minimum atomic E-state index is 0.928. The molecule has 3 aromatic heterocycles. The van der Waals surface area contributed by atoms with Crippen LogP contribution in [0.5, 0.6) is 0 Å². The summed E-state index contributed by atoms with van der Waals surface area (Å²) in [5, 5.41) is 20.3. The second kappa shape index (κ2) is 5.81. The van der Waals surface area contributed by atoms with Crippen LogP contribution in [0.15, 0.2) is 91.3 Å². The zero-order chi connectivity index (χ0) is 20.8. The second-order valence-electron chi connectivity index (χ2n) is 8.34. The van der Waals surface area contributed by atoms with Gasteiger partial charge in [-0.2, -0.15) is 0 Å². The lowest BCUT2D eigenvalue weighted by molar-refractivity contribution is 1.11. The van der Waals surface area contributed by atoms with Crippen LogP contribution in [0.25, 0.3) is 69.0 Å².